The molecule has 1 aliphatic rings. The standard InChI is InChI=1S/C18H21Cl2N3O/c1-22-8-4-5-16(22)17(23-9-2-3-10-23)12-21-18(24)13-6-7-14(19)15(20)11-13/h4-8,11,17H,2-3,9-10,12H2,1H3,(H,21,24). The number of nitrogens with zero attached hydrogens (tertiary/aromatic N) is 2. The number of hydrogen-bond donors (Lipinski definition) is 1. The van der Waals surface area contributed by atoms with Gasteiger partial charge < -0.3 is 9.88 Å². The molecule has 1 fully saturated rings. The molecular formula is C18H21Cl2N3O. The van der Waals surface area contributed by atoms with Crippen LogP contribution in [0.25, 0.3) is 0 Å². The lowest BCUT2D eigenvalue weighted by Crippen LogP contribution is -2.37. The van der Waals surface area contributed by atoms with Gasteiger partial charge in [-0.05, 0) is 56.3 Å². The van der Waals surface area contributed by atoms with Crippen molar-refractivity contribution in [2.24, 2.45) is 7.05 Å². The molecule has 1 unspecified atom stereocenters. The van der Waals surface area contributed by atoms with Gasteiger partial charge in [-0.1, -0.05) is 23.2 Å². The molecule has 0 saturated carbocycles. The predicted octanol–water partition coefficient (Wildman–Crippen LogP) is 3.90. The van der Waals surface area contributed by atoms with Crippen molar-refractivity contribution in [1.82, 2.24) is 14.8 Å². The molecule has 1 amide bonds. The monoisotopic (exact) mass is 365 g/mol. The summed E-state index contributed by atoms with van der Waals surface area (Å²) in [7, 11) is 2.04. The maximum Gasteiger partial charge on any atom is 0.251 e. The number of benzene rings is 1. The summed E-state index contributed by atoms with van der Waals surface area (Å²) in [6, 6.07) is 9.28. The molecule has 1 atom stereocenters. The first kappa shape index (κ1) is 17.3. The summed E-state index contributed by atoms with van der Waals surface area (Å²) in [5.74, 6) is -0.132. The van der Waals surface area contributed by atoms with E-state index in [-0.39, 0.29) is 11.9 Å². The fourth-order valence-corrected chi connectivity index (χ4v) is 3.52. The van der Waals surface area contributed by atoms with Gasteiger partial charge in [0.15, 0.2) is 0 Å². The number of nitrogens with one attached hydrogen (secondary N) is 1. The number of carbonyl (C=O) groups is 1. The summed E-state index contributed by atoms with van der Waals surface area (Å²) in [5, 5.41) is 3.88. The van der Waals surface area contributed by atoms with E-state index < -0.39 is 0 Å². The van der Waals surface area contributed by atoms with Gasteiger partial charge in [0, 0.05) is 31.0 Å². The highest BCUT2D eigenvalue weighted by Crippen LogP contribution is 2.25. The number of amides is 1. The lowest BCUT2D eigenvalue weighted by Gasteiger charge is -2.28. The van der Waals surface area contributed by atoms with Crippen LogP contribution in [0.2, 0.25) is 10.0 Å². The number of aromatic nitrogens is 1. The van der Waals surface area contributed by atoms with Crippen molar-refractivity contribution in [2.75, 3.05) is 19.6 Å². The van der Waals surface area contributed by atoms with Crippen LogP contribution in [0.3, 0.4) is 0 Å². The highest BCUT2D eigenvalue weighted by Gasteiger charge is 2.25. The lowest BCUT2D eigenvalue weighted by molar-refractivity contribution is 0.0936. The van der Waals surface area contributed by atoms with E-state index >= 15 is 0 Å². The number of rotatable bonds is 5. The van der Waals surface area contributed by atoms with Gasteiger partial charge >= 0.3 is 0 Å². The van der Waals surface area contributed by atoms with Gasteiger partial charge in [-0.3, -0.25) is 9.69 Å². The van der Waals surface area contributed by atoms with Crippen molar-refractivity contribution in [2.45, 2.75) is 18.9 Å². The van der Waals surface area contributed by atoms with E-state index in [1.54, 1.807) is 18.2 Å². The third-order valence-electron chi connectivity index (χ3n) is 4.54. The molecule has 2 aromatic rings. The molecule has 4 nitrogen and oxygen atoms in total. The first-order chi connectivity index (χ1) is 11.6. The second-order valence-electron chi connectivity index (χ2n) is 6.14. The zero-order valence-electron chi connectivity index (χ0n) is 13.6. The Hall–Kier alpha value is -1.49. The number of carbonyl (C=O) groups excluding carboxylic acids is 1. The maximum absolute atomic E-state index is 12.4. The Morgan fingerprint density at radius 3 is 2.58 bits per heavy atom. The van der Waals surface area contributed by atoms with Gasteiger partial charge in [0.2, 0.25) is 0 Å². The van der Waals surface area contributed by atoms with E-state index in [1.807, 2.05) is 19.3 Å². The first-order valence-electron chi connectivity index (χ1n) is 8.15. The van der Waals surface area contributed by atoms with Crippen LogP contribution in [-0.2, 0) is 7.05 Å². The van der Waals surface area contributed by atoms with Gasteiger partial charge in [-0.25, -0.2) is 0 Å². The SMILES string of the molecule is Cn1cccc1C(CNC(=O)c1ccc(Cl)c(Cl)c1)N1CCCC1. The first-order valence-corrected chi connectivity index (χ1v) is 8.90. The van der Waals surface area contributed by atoms with Crippen molar-refractivity contribution < 1.29 is 4.79 Å². The quantitative estimate of drug-likeness (QED) is 0.872. The maximum atomic E-state index is 12.4. The molecule has 1 aromatic heterocycles. The molecule has 1 aromatic carbocycles. The Morgan fingerprint density at radius 2 is 1.96 bits per heavy atom. The molecule has 0 bridgehead atoms. The van der Waals surface area contributed by atoms with Crippen LogP contribution in [0.15, 0.2) is 36.5 Å². The summed E-state index contributed by atoms with van der Waals surface area (Å²) < 4.78 is 2.12. The van der Waals surface area contributed by atoms with E-state index in [0.29, 0.717) is 22.2 Å². The zero-order chi connectivity index (χ0) is 17.1. The van der Waals surface area contributed by atoms with Crippen molar-refractivity contribution in [1.29, 1.82) is 0 Å². The van der Waals surface area contributed by atoms with Crippen LogP contribution in [-0.4, -0.2) is 35.0 Å². The average molecular weight is 366 g/mol. The van der Waals surface area contributed by atoms with Crippen LogP contribution in [0.4, 0.5) is 0 Å². The molecule has 1 aliphatic heterocycles. The van der Waals surface area contributed by atoms with E-state index in [0.717, 1.165) is 13.1 Å². The molecule has 3 rings (SSSR count). The van der Waals surface area contributed by atoms with Gasteiger partial charge in [-0.2, -0.15) is 0 Å². The van der Waals surface area contributed by atoms with Gasteiger partial charge in [0.05, 0.1) is 16.1 Å². The van der Waals surface area contributed by atoms with Crippen LogP contribution < -0.4 is 5.32 Å². The largest absolute Gasteiger partial charge is 0.353 e. The summed E-state index contributed by atoms with van der Waals surface area (Å²) >= 11 is 11.9. The summed E-state index contributed by atoms with van der Waals surface area (Å²) in [6.07, 6.45) is 4.46. The Labute approximate surface area is 152 Å². The molecular weight excluding hydrogens is 345 g/mol. The Kier molecular flexibility index (Phi) is 5.49. The van der Waals surface area contributed by atoms with Gasteiger partial charge in [-0.15, -0.1) is 0 Å². The van der Waals surface area contributed by atoms with Crippen molar-refractivity contribution in [3.05, 3.63) is 57.8 Å². The van der Waals surface area contributed by atoms with E-state index in [4.69, 9.17) is 23.2 Å². The van der Waals surface area contributed by atoms with Crippen LogP contribution >= 0.6 is 23.2 Å². The second kappa shape index (κ2) is 7.60. The smallest absolute Gasteiger partial charge is 0.251 e. The minimum atomic E-state index is -0.132. The van der Waals surface area contributed by atoms with Crippen molar-refractivity contribution in [3.63, 3.8) is 0 Å². The zero-order valence-corrected chi connectivity index (χ0v) is 15.1. The van der Waals surface area contributed by atoms with Crippen molar-refractivity contribution in [3.8, 4) is 0 Å². The fraction of sp³-hybridized carbons (Fsp3) is 0.389. The van der Waals surface area contributed by atoms with Gasteiger partial charge in [0.25, 0.3) is 5.91 Å². The Morgan fingerprint density at radius 1 is 1.21 bits per heavy atom. The topological polar surface area (TPSA) is 37.3 Å². The number of likely N-dealkylation sites (tertiary alicyclic amines) is 1. The number of hydrogen-bond acceptors (Lipinski definition) is 2. The van der Waals surface area contributed by atoms with Crippen LogP contribution in [0.5, 0.6) is 0 Å². The summed E-state index contributed by atoms with van der Waals surface area (Å²) in [6.45, 7) is 2.70. The number of halogens is 2. The molecule has 1 N–H and O–H groups in total. The third-order valence-corrected chi connectivity index (χ3v) is 5.28. The van der Waals surface area contributed by atoms with Crippen LogP contribution in [0.1, 0.15) is 34.9 Å². The predicted molar refractivity (Wildman–Crippen MR) is 97.8 cm³/mol. The van der Waals surface area contributed by atoms with E-state index in [1.165, 1.54) is 18.5 Å². The molecule has 0 spiro atoms. The average Bonchev–Trinajstić information content (AvgIpc) is 3.23. The molecule has 1 saturated heterocycles. The van der Waals surface area contributed by atoms with Gasteiger partial charge in [0.1, 0.15) is 0 Å². The summed E-state index contributed by atoms with van der Waals surface area (Å²) in [5.41, 5.74) is 1.74. The molecule has 24 heavy (non-hydrogen) atoms. The molecule has 2 heterocycles. The highest BCUT2D eigenvalue weighted by molar-refractivity contribution is 6.42. The molecule has 6 heteroatoms. The molecule has 0 radical (unpaired) electrons. The summed E-state index contributed by atoms with van der Waals surface area (Å²) in [4.78, 5) is 14.9. The minimum absolute atomic E-state index is 0.132. The number of aryl methyl sites for hydroxylation is 1. The second-order valence-corrected chi connectivity index (χ2v) is 6.96. The fourth-order valence-electron chi connectivity index (χ4n) is 3.22. The molecule has 128 valence electrons. The van der Waals surface area contributed by atoms with Crippen LogP contribution in [0, 0.1) is 0 Å². The normalized spacial score (nSPS) is 16.3. The van der Waals surface area contributed by atoms with Crippen molar-refractivity contribution >= 4 is 29.1 Å². The highest BCUT2D eigenvalue weighted by atomic mass is 35.5. The molecule has 0 aliphatic carbocycles. The van der Waals surface area contributed by atoms with E-state index in [9.17, 15) is 4.79 Å². The third kappa shape index (κ3) is 3.77. The Bertz CT molecular complexity index is 723. The Balaban J connectivity index is 1.72. The minimum Gasteiger partial charge on any atom is -0.353 e. The lowest BCUT2D eigenvalue weighted by atomic mass is 10.1. The van der Waals surface area contributed by atoms with E-state index in [2.05, 4.69) is 20.9 Å².